The molecule has 2 aromatic carbocycles. The van der Waals surface area contributed by atoms with E-state index in [1.54, 1.807) is 11.3 Å². The molecular weight excluding hydrogens is 570 g/mol. The third kappa shape index (κ3) is 5.56. The number of nitrogens with zero attached hydrogens (tertiary/aromatic N) is 3. The summed E-state index contributed by atoms with van der Waals surface area (Å²) in [4.78, 5) is 12.7. The maximum Gasteiger partial charge on any atom is 0.269 e. The molecule has 1 amide bonds. The number of carbonyl (C=O) groups is 1. The lowest BCUT2D eigenvalue weighted by molar-refractivity contribution is -0.118. The minimum absolute atomic E-state index is 0.140. The summed E-state index contributed by atoms with van der Waals surface area (Å²) in [5.74, 6) is 0.170. The largest absolute Gasteiger partial charge is 0.291 e. The summed E-state index contributed by atoms with van der Waals surface area (Å²) >= 11 is 11.8. The summed E-state index contributed by atoms with van der Waals surface area (Å²) < 4.78 is 2.40. The van der Waals surface area contributed by atoms with E-state index in [9.17, 15) is 4.79 Å². The summed E-state index contributed by atoms with van der Waals surface area (Å²) in [6.45, 7) is 4.37. The van der Waals surface area contributed by atoms with E-state index in [4.69, 9.17) is 11.6 Å². The Bertz CT molecular complexity index is 1460. The Morgan fingerprint density at radius 3 is 2.78 bits per heavy atom. The maximum atomic E-state index is 12.7. The van der Waals surface area contributed by atoms with E-state index in [-0.39, 0.29) is 29.6 Å². The van der Waals surface area contributed by atoms with E-state index < -0.39 is 0 Å². The van der Waals surface area contributed by atoms with Crippen LogP contribution in [0.5, 0.6) is 0 Å². The van der Waals surface area contributed by atoms with Crippen LogP contribution in [-0.4, -0.2) is 26.5 Å². The number of thiophene rings is 1. The monoisotopic (exact) mass is 595 g/mol. The van der Waals surface area contributed by atoms with Crippen molar-refractivity contribution in [1.29, 1.82) is 0 Å². The molecule has 0 saturated heterocycles. The number of aryl methyl sites for hydroxylation is 1. The van der Waals surface area contributed by atoms with Crippen LogP contribution >= 0.6 is 38.9 Å². The number of benzene rings is 2. The molecule has 0 aliphatic heterocycles. The van der Waals surface area contributed by atoms with Crippen molar-refractivity contribution >= 4 is 60.8 Å². The van der Waals surface area contributed by atoms with Gasteiger partial charge in [-0.3, -0.25) is 10.1 Å². The first-order valence-corrected chi connectivity index (χ1v) is 14.3. The molecule has 2 aromatic heterocycles. The van der Waals surface area contributed by atoms with Gasteiger partial charge in [-0.05, 0) is 98.1 Å². The van der Waals surface area contributed by atoms with Gasteiger partial charge in [-0.1, -0.05) is 66.5 Å². The molecule has 1 aliphatic rings. The summed E-state index contributed by atoms with van der Waals surface area (Å²) in [6.07, 6.45) is 9.04. The van der Waals surface area contributed by atoms with E-state index in [2.05, 4.69) is 97.5 Å². The molecule has 4 aromatic rings. The van der Waals surface area contributed by atoms with Crippen LogP contribution in [0.2, 0.25) is 5.02 Å². The first kappa shape index (κ1) is 25.8. The quantitative estimate of drug-likeness (QED) is 0.217. The third-order valence-corrected chi connectivity index (χ3v) is 9.03. The number of hydrogen-bond acceptors (Lipinski definition) is 5. The average Bonchev–Trinajstić information content (AvgIpc) is 3.55. The summed E-state index contributed by atoms with van der Waals surface area (Å²) in [6, 6.07) is 12.7. The second kappa shape index (κ2) is 11.3. The number of amides is 1. The van der Waals surface area contributed by atoms with Crippen LogP contribution in [0, 0.1) is 18.8 Å². The van der Waals surface area contributed by atoms with E-state index in [1.807, 2.05) is 18.2 Å². The van der Waals surface area contributed by atoms with Crippen LogP contribution in [0.25, 0.3) is 10.1 Å². The van der Waals surface area contributed by atoms with Gasteiger partial charge < -0.3 is 0 Å². The number of aromatic amines is 1. The standard InChI is InChI=1S/C28H27BrClN5OS/c1-3-4-21(17-5-7-19(8-6-17)27(36)31-28-32-34-35-33-28)25(18-9-11-20(30)12-10-18)23-15-37-26-22(23)13-16(2)14-24(26)29/h5-7,9-15,19,21,25H,3-4,8H2,1-2H3,(H2,31,32,33,34,35,36)/t19?,21-,25?/m1/s1. The molecule has 2 unspecified atom stereocenters. The lowest BCUT2D eigenvalue weighted by atomic mass is 9.73. The molecule has 0 spiro atoms. The Hall–Kier alpha value is -2.81. The number of carbonyl (C=O) groups excluding carboxylic acids is 1. The van der Waals surface area contributed by atoms with Crippen molar-refractivity contribution in [3.8, 4) is 0 Å². The van der Waals surface area contributed by atoms with Crippen molar-refractivity contribution in [2.75, 3.05) is 5.32 Å². The number of rotatable bonds is 8. The van der Waals surface area contributed by atoms with Crippen molar-refractivity contribution in [3.05, 3.63) is 91.8 Å². The SMILES string of the molecule is CCC[C@H](C1=CCC(C(=O)Nc2nn[nH]n2)C=C1)C(c1ccc(Cl)cc1)c1csc2c(Br)cc(C)cc12. The minimum atomic E-state index is -0.279. The highest BCUT2D eigenvalue weighted by molar-refractivity contribution is 9.10. The van der Waals surface area contributed by atoms with Crippen molar-refractivity contribution in [2.24, 2.45) is 11.8 Å². The Labute approximate surface area is 233 Å². The normalized spacial score (nSPS) is 17.0. The number of allylic oxidation sites excluding steroid dienone is 3. The number of anilines is 1. The highest BCUT2D eigenvalue weighted by Gasteiger charge is 2.31. The zero-order valence-electron chi connectivity index (χ0n) is 20.5. The van der Waals surface area contributed by atoms with E-state index in [0.29, 0.717) is 6.42 Å². The lowest BCUT2D eigenvalue weighted by Gasteiger charge is -2.31. The smallest absolute Gasteiger partial charge is 0.269 e. The highest BCUT2D eigenvalue weighted by Crippen LogP contribution is 2.46. The molecule has 1 aliphatic carbocycles. The molecular formula is C28H27BrClN5OS. The van der Waals surface area contributed by atoms with Gasteiger partial charge in [0.15, 0.2) is 0 Å². The van der Waals surface area contributed by atoms with Crippen LogP contribution in [0.15, 0.2) is 70.1 Å². The van der Waals surface area contributed by atoms with Gasteiger partial charge in [0, 0.05) is 20.1 Å². The summed E-state index contributed by atoms with van der Waals surface area (Å²) in [5.41, 5.74) is 5.06. The molecule has 0 saturated carbocycles. The second-order valence-corrected chi connectivity index (χ2v) is 11.5. The van der Waals surface area contributed by atoms with Gasteiger partial charge in [0.25, 0.3) is 5.95 Å². The van der Waals surface area contributed by atoms with Crippen LogP contribution in [0.1, 0.15) is 48.8 Å². The zero-order chi connectivity index (χ0) is 25.9. The Kier molecular flexibility index (Phi) is 7.88. The number of hydrogen-bond donors (Lipinski definition) is 2. The predicted molar refractivity (Wildman–Crippen MR) is 154 cm³/mol. The van der Waals surface area contributed by atoms with Gasteiger partial charge in [-0.2, -0.15) is 5.21 Å². The first-order valence-electron chi connectivity index (χ1n) is 12.3. The molecule has 2 heterocycles. The fourth-order valence-electron chi connectivity index (χ4n) is 5.15. The Morgan fingerprint density at radius 1 is 1.30 bits per heavy atom. The predicted octanol–water partition coefficient (Wildman–Crippen LogP) is 7.83. The summed E-state index contributed by atoms with van der Waals surface area (Å²) in [5, 5.41) is 20.5. The van der Waals surface area contributed by atoms with Gasteiger partial charge in [0.2, 0.25) is 5.91 Å². The third-order valence-electron chi connectivity index (χ3n) is 6.84. The number of halogens is 2. The second-order valence-electron chi connectivity index (χ2n) is 9.37. The molecule has 0 fully saturated rings. The minimum Gasteiger partial charge on any atom is -0.291 e. The molecule has 0 radical (unpaired) electrons. The average molecular weight is 597 g/mol. The van der Waals surface area contributed by atoms with Crippen molar-refractivity contribution in [3.63, 3.8) is 0 Å². The fraction of sp³-hybridized carbons (Fsp3) is 0.286. The first-order chi connectivity index (χ1) is 17.9. The number of H-pyrrole nitrogens is 1. The molecule has 6 nitrogen and oxygen atoms in total. The number of fused-ring (bicyclic) bond motifs is 1. The maximum absolute atomic E-state index is 12.7. The van der Waals surface area contributed by atoms with Crippen molar-refractivity contribution < 1.29 is 4.79 Å². The summed E-state index contributed by atoms with van der Waals surface area (Å²) in [7, 11) is 0. The zero-order valence-corrected chi connectivity index (χ0v) is 23.7. The molecule has 3 atom stereocenters. The number of aromatic nitrogens is 4. The molecule has 190 valence electrons. The number of nitrogens with one attached hydrogen (secondary N) is 2. The van der Waals surface area contributed by atoms with Gasteiger partial charge in [-0.25, -0.2) is 0 Å². The Morgan fingerprint density at radius 2 is 2.11 bits per heavy atom. The van der Waals surface area contributed by atoms with Gasteiger partial charge in [0.05, 0.1) is 5.92 Å². The van der Waals surface area contributed by atoms with E-state index in [0.717, 1.165) is 22.3 Å². The molecule has 0 bridgehead atoms. The van der Waals surface area contributed by atoms with Crippen LogP contribution in [-0.2, 0) is 4.79 Å². The van der Waals surface area contributed by atoms with Crippen molar-refractivity contribution in [2.45, 2.75) is 39.0 Å². The molecule has 5 rings (SSSR count). The van der Waals surface area contributed by atoms with Gasteiger partial charge in [-0.15, -0.1) is 16.4 Å². The molecule has 37 heavy (non-hydrogen) atoms. The molecule has 2 N–H and O–H groups in total. The van der Waals surface area contributed by atoms with E-state index in [1.165, 1.54) is 32.3 Å². The topological polar surface area (TPSA) is 83.6 Å². The van der Waals surface area contributed by atoms with Crippen LogP contribution in [0.3, 0.4) is 0 Å². The van der Waals surface area contributed by atoms with Crippen LogP contribution < -0.4 is 5.32 Å². The van der Waals surface area contributed by atoms with Crippen LogP contribution in [0.4, 0.5) is 5.95 Å². The van der Waals surface area contributed by atoms with E-state index >= 15 is 0 Å². The Balaban J connectivity index is 1.52. The molecule has 9 heteroatoms. The van der Waals surface area contributed by atoms with Crippen molar-refractivity contribution in [1.82, 2.24) is 20.6 Å². The lowest BCUT2D eigenvalue weighted by Crippen LogP contribution is -2.24. The fourth-order valence-corrected chi connectivity index (χ4v) is 7.12. The van der Waals surface area contributed by atoms with Gasteiger partial charge >= 0.3 is 0 Å². The number of tetrazole rings is 1. The van der Waals surface area contributed by atoms with Gasteiger partial charge in [0.1, 0.15) is 0 Å². The highest BCUT2D eigenvalue weighted by atomic mass is 79.9.